The van der Waals surface area contributed by atoms with Crippen LogP contribution in [0.3, 0.4) is 0 Å². The van der Waals surface area contributed by atoms with E-state index in [9.17, 15) is 14.4 Å². The van der Waals surface area contributed by atoms with Gasteiger partial charge < -0.3 is 5.32 Å². The zero-order chi connectivity index (χ0) is 20.7. The molecule has 0 bridgehead atoms. The van der Waals surface area contributed by atoms with Gasteiger partial charge in [0.05, 0.1) is 23.1 Å². The number of hydrogen-bond acceptors (Lipinski definition) is 3. The maximum absolute atomic E-state index is 13.1. The molecule has 1 fully saturated rings. The van der Waals surface area contributed by atoms with E-state index < -0.39 is 0 Å². The molecule has 2 aromatic rings. The highest BCUT2D eigenvalue weighted by molar-refractivity contribution is 6.25. The number of nitrogens with zero attached hydrogens (tertiary/aromatic N) is 1. The lowest BCUT2D eigenvalue weighted by Gasteiger charge is -2.19. The van der Waals surface area contributed by atoms with E-state index in [1.165, 1.54) is 4.90 Å². The second-order valence-electron chi connectivity index (χ2n) is 7.93. The van der Waals surface area contributed by atoms with E-state index in [1.54, 1.807) is 24.3 Å². The van der Waals surface area contributed by atoms with Crippen LogP contribution in [0.15, 0.2) is 54.1 Å². The Kier molecular flexibility index (Phi) is 4.82. The van der Waals surface area contributed by atoms with Crippen molar-refractivity contribution in [3.63, 3.8) is 0 Å². The van der Waals surface area contributed by atoms with Gasteiger partial charge in [0.15, 0.2) is 0 Å². The average Bonchev–Trinajstić information content (AvgIpc) is 2.95. The van der Waals surface area contributed by atoms with Crippen molar-refractivity contribution in [3.05, 3.63) is 70.8 Å². The minimum Gasteiger partial charge on any atom is -0.322 e. The number of para-hydroxylation sites is 1. The van der Waals surface area contributed by atoms with Crippen molar-refractivity contribution in [2.24, 2.45) is 11.8 Å². The predicted molar refractivity (Wildman–Crippen MR) is 113 cm³/mol. The van der Waals surface area contributed by atoms with Crippen LogP contribution in [0.4, 0.5) is 11.4 Å². The highest BCUT2D eigenvalue weighted by atomic mass is 16.2. The van der Waals surface area contributed by atoms with Gasteiger partial charge in [-0.3, -0.25) is 14.4 Å². The summed E-state index contributed by atoms with van der Waals surface area (Å²) in [5, 5.41) is 2.93. The molecular weight excluding hydrogens is 364 g/mol. The number of benzene rings is 2. The van der Waals surface area contributed by atoms with E-state index in [0.717, 1.165) is 22.4 Å². The SMILES string of the molecule is CC1=CC[C@@H]2C(=O)N(c3ccccc3C(=O)Nc3cccc(C)c3C)C(=O)[C@H]2C1. The number of aryl methyl sites for hydroxylation is 1. The van der Waals surface area contributed by atoms with E-state index in [0.29, 0.717) is 24.1 Å². The molecule has 5 heteroatoms. The second kappa shape index (κ2) is 7.32. The van der Waals surface area contributed by atoms with Crippen LogP contribution in [0.25, 0.3) is 0 Å². The molecule has 0 radical (unpaired) electrons. The van der Waals surface area contributed by atoms with Crippen LogP contribution >= 0.6 is 0 Å². The molecular formula is C24H24N2O3. The predicted octanol–water partition coefficient (Wildman–Crippen LogP) is 4.40. The fraction of sp³-hybridized carbons (Fsp3) is 0.292. The van der Waals surface area contributed by atoms with Crippen molar-refractivity contribution in [1.29, 1.82) is 0 Å². The minimum atomic E-state index is -0.334. The molecule has 0 saturated carbocycles. The van der Waals surface area contributed by atoms with Gasteiger partial charge in [-0.2, -0.15) is 0 Å². The zero-order valence-corrected chi connectivity index (χ0v) is 16.9. The molecule has 2 aromatic carbocycles. The molecule has 1 aliphatic carbocycles. The van der Waals surface area contributed by atoms with Gasteiger partial charge in [0.2, 0.25) is 11.8 Å². The van der Waals surface area contributed by atoms with Gasteiger partial charge in [-0.1, -0.05) is 35.9 Å². The Bertz CT molecular complexity index is 1050. The van der Waals surface area contributed by atoms with Gasteiger partial charge in [-0.25, -0.2) is 4.90 Å². The summed E-state index contributed by atoms with van der Waals surface area (Å²) >= 11 is 0. The molecule has 4 rings (SSSR count). The van der Waals surface area contributed by atoms with Gasteiger partial charge >= 0.3 is 0 Å². The number of carbonyl (C=O) groups is 3. The smallest absolute Gasteiger partial charge is 0.257 e. The van der Waals surface area contributed by atoms with Gasteiger partial charge in [0.1, 0.15) is 0 Å². The molecule has 1 saturated heterocycles. The van der Waals surface area contributed by atoms with Crippen LogP contribution in [0, 0.1) is 25.7 Å². The Morgan fingerprint density at radius 2 is 1.69 bits per heavy atom. The lowest BCUT2D eigenvalue weighted by Crippen LogP contribution is -2.33. The first-order chi connectivity index (χ1) is 13.9. The third-order valence-corrected chi connectivity index (χ3v) is 6.07. The normalized spacial score (nSPS) is 21.1. The summed E-state index contributed by atoms with van der Waals surface area (Å²) < 4.78 is 0. The summed E-state index contributed by atoms with van der Waals surface area (Å²) in [4.78, 5) is 40.4. The van der Waals surface area contributed by atoms with Crippen molar-refractivity contribution in [2.75, 3.05) is 10.2 Å². The molecule has 29 heavy (non-hydrogen) atoms. The second-order valence-corrected chi connectivity index (χ2v) is 7.93. The van der Waals surface area contributed by atoms with Crippen LogP contribution < -0.4 is 10.2 Å². The number of anilines is 2. The summed E-state index contributed by atoms with van der Waals surface area (Å²) in [6.45, 7) is 5.92. The summed E-state index contributed by atoms with van der Waals surface area (Å²) in [5.41, 5.74) is 4.59. The number of nitrogens with one attached hydrogen (secondary N) is 1. The summed E-state index contributed by atoms with van der Waals surface area (Å²) in [6, 6.07) is 12.5. The molecule has 1 N–H and O–H groups in total. The number of allylic oxidation sites excluding steroid dienone is 2. The molecule has 1 aliphatic heterocycles. The van der Waals surface area contributed by atoms with Crippen LogP contribution in [-0.2, 0) is 9.59 Å². The fourth-order valence-electron chi connectivity index (χ4n) is 4.21. The van der Waals surface area contributed by atoms with Gasteiger partial charge in [0.25, 0.3) is 5.91 Å². The van der Waals surface area contributed by atoms with Crippen molar-refractivity contribution in [3.8, 4) is 0 Å². The number of carbonyl (C=O) groups excluding carboxylic acids is 3. The van der Waals surface area contributed by atoms with Crippen LogP contribution in [0.5, 0.6) is 0 Å². The summed E-state index contributed by atoms with van der Waals surface area (Å²) in [6.07, 6.45) is 3.21. The molecule has 148 valence electrons. The highest BCUT2D eigenvalue weighted by Crippen LogP contribution is 2.40. The van der Waals surface area contributed by atoms with Gasteiger partial charge in [-0.05, 0) is 62.9 Å². The van der Waals surface area contributed by atoms with Crippen LogP contribution in [0.2, 0.25) is 0 Å². The van der Waals surface area contributed by atoms with Crippen LogP contribution in [0.1, 0.15) is 41.3 Å². The molecule has 2 atom stereocenters. The minimum absolute atomic E-state index is 0.209. The number of fused-ring (bicyclic) bond motifs is 1. The Morgan fingerprint density at radius 3 is 2.48 bits per heavy atom. The first-order valence-corrected chi connectivity index (χ1v) is 9.88. The lowest BCUT2D eigenvalue weighted by molar-refractivity contribution is -0.122. The molecule has 0 unspecified atom stereocenters. The Morgan fingerprint density at radius 1 is 0.966 bits per heavy atom. The Balaban J connectivity index is 1.67. The topological polar surface area (TPSA) is 66.5 Å². The summed E-state index contributed by atoms with van der Waals surface area (Å²) in [7, 11) is 0. The number of rotatable bonds is 3. The van der Waals surface area contributed by atoms with E-state index in [-0.39, 0.29) is 29.6 Å². The third kappa shape index (κ3) is 3.27. The first-order valence-electron chi connectivity index (χ1n) is 9.88. The monoisotopic (exact) mass is 388 g/mol. The average molecular weight is 388 g/mol. The largest absolute Gasteiger partial charge is 0.322 e. The van der Waals surface area contributed by atoms with Crippen molar-refractivity contribution in [1.82, 2.24) is 0 Å². The maximum atomic E-state index is 13.1. The molecule has 5 nitrogen and oxygen atoms in total. The van der Waals surface area contributed by atoms with Gasteiger partial charge in [0, 0.05) is 5.69 Å². The molecule has 2 aliphatic rings. The van der Waals surface area contributed by atoms with Crippen LogP contribution in [-0.4, -0.2) is 17.7 Å². The van der Waals surface area contributed by atoms with Crippen molar-refractivity contribution < 1.29 is 14.4 Å². The highest BCUT2D eigenvalue weighted by Gasteiger charge is 2.49. The number of hydrogen-bond donors (Lipinski definition) is 1. The first kappa shape index (κ1) is 19.1. The quantitative estimate of drug-likeness (QED) is 0.626. The third-order valence-electron chi connectivity index (χ3n) is 6.07. The summed E-state index contributed by atoms with van der Waals surface area (Å²) in [5.74, 6) is -1.42. The lowest BCUT2D eigenvalue weighted by atomic mass is 9.82. The number of imide groups is 1. The van der Waals surface area contributed by atoms with Gasteiger partial charge in [-0.15, -0.1) is 0 Å². The van der Waals surface area contributed by atoms with E-state index >= 15 is 0 Å². The van der Waals surface area contributed by atoms with E-state index in [1.807, 2.05) is 45.0 Å². The molecule has 0 aromatic heterocycles. The van der Waals surface area contributed by atoms with E-state index in [4.69, 9.17) is 0 Å². The van der Waals surface area contributed by atoms with E-state index in [2.05, 4.69) is 5.32 Å². The van der Waals surface area contributed by atoms with Crippen molar-refractivity contribution >= 4 is 29.1 Å². The molecule has 3 amide bonds. The Hall–Kier alpha value is -3.21. The molecule has 1 heterocycles. The zero-order valence-electron chi connectivity index (χ0n) is 16.9. The maximum Gasteiger partial charge on any atom is 0.257 e. The number of amides is 3. The fourth-order valence-corrected chi connectivity index (χ4v) is 4.21. The Labute approximate surface area is 170 Å². The van der Waals surface area contributed by atoms with Crippen molar-refractivity contribution in [2.45, 2.75) is 33.6 Å². The standard InChI is InChI=1S/C24H24N2O3/c1-14-11-12-17-19(13-14)24(29)26(23(17)28)21-10-5-4-8-18(21)22(27)25-20-9-6-7-15(2)16(20)3/h4-11,17,19H,12-13H2,1-3H3,(H,25,27)/t17-,19-/m0/s1. The molecule has 0 spiro atoms.